The fourth-order valence-electron chi connectivity index (χ4n) is 2.22. The fourth-order valence-corrected chi connectivity index (χ4v) is 2.22. The van der Waals surface area contributed by atoms with Gasteiger partial charge in [-0.15, -0.1) is 0 Å². The van der Waals surface area contributed by atoms with Gasteiger partial charge in [0, 0.05) is 18.7 Å². The van der Waals surface area contributed by atoms with Gasteiger partial charge < -0.3 is 14.7 Å². The van der Waals surface area contributed by atoms with Crippen molar-refractivity contribution in [3.05, 3.63) is 36.0 Å². The molecule has 1 aromatic carbocycles. The highest BCUT2D eigenvalue weighted by atomic mass is 16.5. The molecule has 1 saturated heterocycles. The number of methoxy groups -OCH3 is 1. The molecule has 6 heteroatoms. The van der Waals surface area contributed by atoms with Crippen LogP contribution in [0.2, 0.25) is 0 Å². The van der Waals surface area contributed by atoms with Crippen LogP contribution in [-0.4, -0.2) is 52.4 Å². The number of aromatic amines is 1. The first kappa shape index (κ1) is 12.7. The number of nitrogens with zero attached hydrogens (tertiary/aromatic N) is 2. The van der Waals surface area contributed by atoms with E-state index in [2.05, 4.69) is 10.2 Å². The van der Waals surface area contributed by atoms with Gasteiger partial charge in [-0.25, -0.2) is 0 Å². The zero-order valence-electron chi connectivity index (χ0n) is 11.0. The van der Waals surface area contributed by atoms with Crippen LogP contribution in [0.1, 0.15) is 10.4 Å². The molecule has 0 aliphatic carbocycles. The third-order valence-corrected chi connectivity index (χ3v) is 3.40. The van der Waals surface area contributed by atoms with Crippen molar-refractivity contribution in [2.45, 2.75) is 6.10 Å². The molecule has 0 bridgehead atoms. The largest absolute Gasteiger partial charge is 0.497 e. The van der Waals surface area contributed by atoms with E-state index in [1.165, 1.54) is 6.20 Å². The molecular weight excluding hydrogens is 258 g/mol. The number of aliphatic hydroxyl groups is 1. The number of hydrogen-bond acceptors (Lipinski definition) is 4. The minimum atomic E-state index is -0.407. The minimum Gasteiger partial charge on any atom is -0.497 e. The van der Waals surface area contributed by atoms with Crippen molar-refractivity contribution >= 4 is 5.91 Å². The predicted octanol–water partition coefficient (Wildman–Crippen LogP) is 0.902. The van der Waals surface area contributed by atoms with E-state index in [-0.39, 0.29) is 5.91 Å². The second-order valence-corrected chi connectivity index (χ2v) is 4.75. The molecule has 0 spiro atoms. The summed E-state index contributed by atoms with van der Waals surface area (Å²) in [7, 11) is 1.61. The second kappa shape index (κ2) is 4.97. The van der Waals surface area contributed by atoms with Gasteiger partial charge in [0.2, 0.25) is 0 Å². The van der Waals surface area contributed by atoms with E-state index in [1.54, 1.807) is 12.0 Å². The Kier molecular flexibility index (Phi) is 3.15. The number of nitrogens with one attached hydrogen (secondary N) is 1. The average molecular weight is 273 g/mol. The molecule has 2 heterocycles. The van der Waals surface area contributed by atoms with Gasteiger partial charge in [-0.05, 0) is 24.3 Å². The van der Waals surface area contributed by atoms with Crippen LogP contribution in [0.15, 0.2) is 30.5 Å². The van der Waals surface area contributed by atoms with Crippen molar-refractivity contribution in [1.82, 2.24) is 15.1 Å². The Bertz CT molecular complexity index is 615. The van der Waals surface area contributed by atoms with Crippen molar-refractivity contribution in [2.75, 3.05) is 20.2 Å². The number of β-amino-alcohol motifs (C(OH)–C–C–N with tert-alkyl or cyclic N) is 1. The van der Waals surface area contributed by atoms with Crippen molar-refractivity contribution in [2.24, 2.45) is 0 Å². The lowest BCUT2D eigenvalue weighted by molar-refractivity contribution is 0.00595. The first-order valence-corrected chi connectivity index (χ1v) is 6.34. The Morgan fingerprint density at radius 1 is 1.40 bits per heavy atom. The number of carbonyl (C=O) groups is 1. The maximum absolute atomic E-state index is 12.3. The number of H-pyrrole nitrogens is 1. The summed E-state index contributed by atoms with van der Waals surface area (Å²) in [6.07, 6.45) is 1.11. The van der Waals surface area contributed by atoms with Gasteiger partial charge in [0.15, 0.2) is 0 Å². The molecule has 2 N–H and O–H groups in total. The molecule has 1 aliphatic heterocycles. The van der Waals surface area contributed by atoms with Crippen LogP contribution in [0.4, 0.5) is 0 Å². The number of aromatic nitrogens is 2. The maximum Gasteiger partial charge on any atom is 0.257 e. The molecule has 0 radical (unpaired) electrons. The van der Waals surface area contributed by atoms with Crippen molar-refractivity contribution in [3.63, 3.8) is 0 Å². The van der Waals surface area contributed by atoms with Crippen LogP contribution in [0.5, 0.6) is 5.75 Å². The summed E-state index contributed by atoms with van der Waals surface area (Å²) in [6.45, 7) is 0.762. The van der Waals surface area contributed by atoms with Crippen LogP contribution in [-0.2, 0) is 0 Å². The highest BCUT2D eigenvalue weighted by Gasteiger charge is 2.31. The lowest BCUT2D eigenvalue weighted by Crippen LogP contribution is -2.53. The smallest absolute Gasteiger partial charge is 0.257 e. The van der Waals surface area contributed by atoms with Gasteiger partial charge >= 0.3 is 0 Å². The lowest BCUT2D eigenvalue weighted by atomic mass is 10.0. The molecular formula is C14H15N3O3. The van der Waals surface area contributed by atoms with E-state index in [9.17, 15) is 9.90 Å². The predicted molar refractivity (Wildman–Crippen MR) is 72.5 cm³/mol. The Labute approximate surface area is 116 Å². The summed E-state index contributed by atoms with van der Waals surface area (Å²) in [6, 6.07) is 7.40. The number of carbonyl (C=O) groups excluding carboxylic acids is 1. The summed E-state index contributed by atoms with van der Waals surface area (Å²) >= 11 is 0. The number of aliphatic hydroxyl groups excluding tert-OH is 1. The van der Waals surface area contributed by atoms with Crippen molar-refractivity contribution in [3.8, 4) is 17.0 Å². The third-order valence-electron chi connectivity index (χ3n) is 3.40. The monoisotopic (exact) mass is 273 g/mol. The average Bonchev–Trinajstić information content (AvgIpc) is 2.92. The van der Waals surface area contributed by atoms with Crippen LogP contribution in [0.3, 0.4) is 0 Å². The molecule has 3 rings (SSSR count). The van der Waals surface area contributed by atoms with Crippen molar-refractivity contribution in [1.29, 1.82) is 0 Å². The number of amides is 1. The summed E-state index contributed by atoms with van der Waals surface area (Å²) in [4.78, 5) is 13.9. The molecule has 2 aromatic rings. The van der Waals surface area contributed by atoms with E-state index in [4.69, 9.17) is 4.74 Å². The quantitative estimate of drug-likeness (QED) is 0.871. The number of ether oxygens (including phenoxy) is 1. The molecule has 0 atom stereocenters. The molecule has 104 valence electrons. The minimum absolute atomic E-state index is 0.116. The number of likely N-dealkylation sites (tertiary alicyclic amines) is 1. The van der Waals surface area contributed by atoms with Gasteiger partial charge in [0.25, 0.3) is 5.91 Å². The molecule has 1 aromatic heterocycles. The highest BCUT2D eigenvalue weighted by Crippen LogP contribution is 2.25. The molecule has 0 saturated carbocycles. The zero-order valence-corrected chi connectivity index (χ0v) is 11.0. The lowest BCUT2D eigenvalue weighted by Gasteiger charge is -2.35. The van der Waals surface area contributed by atoms with Gasteiger partial charge in [-0.3, -0.25) is 9.89 Å². The summed E-state index contributed by atoms with van der Waals surface area (Å²) in [5.41, 5.74) is 2.06. The van der Waals surface area contributed by atoms with E-state index in [0.29, 0.717) is 24.3 Å². The molecule has 1 aliphatic rings. The molecule has 0 unspecified atom stereocenters. The third kappa shape index (κ3) is 2.14. The van der Waals surface area contributed by atoms with Crippen LogP contribution >= 0.6 is 0 Å². The molecule has 1 fully saturated rings. The summed E-state index contributed by atoms with van der Waals surface area (Å²) in [5, 5.41) is 16.1. The Hall–Kier alpha value is -2.34. The number of benzene rings is 1. The van der Waals surface area contributed by atoms with Gasteiger partial charge in [0.05, 0.1) is 30.7 Å². The Morgan fingerprint density at radius 2 is 2.10 bits per heavy atom. The van der Waals surface area contributed by atoms with Crippen molar-refractivity contribution < 1.29 is 14.6 Å². The Morgan fingerprint density at radius 3 is 2.70 bits per heavy atom. The zero-order chi connectivity index (χ0) is 14.1. The van der Waals surface area contributed by atoms with Gasteiger partial charge in [-0.1, -0.05) is 0 Å². The fraction of sp³-hybridized carbons (Fsp3) is 0.286. The van der Waals surface area contributed by atoms with E-state index in [0.717, 1.165) is 11.3 Å². The highest BCUT2D eigenvalue weighted by molar-refractivity contribution is 6.00. The molecule has 6 nitrogen and oxygen atoms in total. The summed E-state index contributed by atoms with van der Waals surface area (Å²) < 4.78 is 5.11. The normalized spacial score (nSPS) is 15.0. The second-order valence-electron chi connectivity index (χ2n) is 4.75. The van der Waals surface area contributed by atoms with Crippen LogP contribution in [0.25, 0.3) is 11.3 Å². The van der Waals surface area contributed by atoms with Gasteiger partial charge in [-0.2, -0.15) is 5.10 Å². The Balaban J connectivity index is 1.87. The standard InChI is InChI=1S/C14H15N3O3/c1-20-11-4-2-9(3-5-11)13-12(6-15-16-13)14(19)17-7-10(18)8-17/h2-6,10,18H,7-8H2,1H3,(H,15,16). The van der Waals surface area contributed by atoms with Crippen LogP contribution in [0, 0.1) is 0 Å². The summed E-state index contributed by atoms with van der Waals surface area (Å²) in [5.74, 6) is 0.641. The van der Waals surface area contributed by atoms with E-state index < -0.39 is 6.10 Å². The first-order chi connectivity index (χ1) is 9.69. The maximum atomic E-state index is 12.3. The molecule has 20 heavy (non-hydrogen) atoms. The van der Waals surface area contributed by atoms with E-state index >= 15 is 0 Å². The van der Waals surface area contributed by atoms with Crippen LogP contribution < -0.4 is 4.74 Å². The first-order valence-electron chi connectivity index (χ1n) is 6.34. The SMILES string of the molecule is COc1ccc(-c2[nH]ncc2C(=O)N2CC(O)C2)cc1. The topological polar surface area (TPSA) is 78.5 Å². The number of rotatable bonds is 3. The molecule has 1 amide bonds. The number of hydrogen-bond donors (Lipinski definition) is 2. The van der Waals surface area contributed by atoms with Gasteiger partial charge in [0.1, 0.15) is 5.75 Å². The van der Waals surface area contributed by atoms with E-state index in [1.807, 2.05) is 24.3 Å².